The van der Waals surface area contributed by atoms with Gasteiger partial charge in [-0.15, -0.1) is 0 Å². The monoisotopic (exact) mass is 455 g/mol. The molecule has 9 heteroatoms. The number of halogens is 3. The van der Waals surface area contributed by atoms with Crippen molar-refractivity contribution in [1.29, 1.82) is 0 Å². The maximum Gasteiger partial charge on any atom is 0.410 e. The van der Waals surface area contributed by atoms with Gasteiger partial charge in [0.2, 0.25) is 0 Å². The first-order valence-corrected chi connectivity index (χ1v) is 11.2. The maximum absolute atomic E-state index is 14.1. The Hall–Kier alpha value is -2.00. The molecule has 0 N–H and O–H groups in total. The van der Waals surface area contributed by atoms with Crippen LogP contribution >= 0.6 is 0 Å². The molecule has 3 atom stereocenters. The molecule has 1 amide bonds. The van der Waals surface area contributed by atoms with Crippen molar-refractivity contribution in [1.82, 2.24) is 9.80 Å². The van der Waals surface area contributed by atoms with Gasteiger partial charge in [-0.05, 0) is 50.3 Å². The number of morpholine rings is 1. The minimum absolute atomic E-state index is 0.0278. The molecule has 3 fully saturated rings. The number of benzene rings is 1. The summed E-state index contributed by atoms with van der Waals surface area (Å²) in [5.41, 5.74) is 0.595. The van der Waals surface area contributed by atoms with Gasteiger partial charge in [0.05, 0.1) is 13.2 Å². The lowest BCUT2D eigenvalue weighted by molar-refractivity contribution is -0.184. The van der Waals surface area contributed by atoms with Crippen molar-refractivity contribution in [2.75, 3.05) is 57.4 Å². The summed E-state index contributed by atoms with van der Waals surface area (Å²) in [6, 6.07) is 5.12. The fourth-order valence-corrected chi connectivity index (χ4v) is 5.01. The molecule has 0 aliphatic carbocycles. The Bertz CT molecular complexity index is 789. The van der Waals surface area contributed by atoms with Crippen molar-refractivity contribution >= 4 is 11.8 Å². The molecule has 3 aliphatic heterocycles. The number of likely N-dealkylation sites (tertiary alicyclic amines) is 2. The smallest absolute Gasteiger partial charge is 0.410 e. The van der Waals surface area contributed by atoms with Gasteiger partial charge in [-0.2, -0.15) is 13.2 Å². The highest BCUT2D eigenvalue weighted by Crippen LogP contribution is 2.43. The first-order chi connectivity index (χ1) is 15.0. The van der Waals surface area contributed by atoms with Gasteiger partial charge in [0.15, 0.2) is 0 Å². The van der Waals surface area contributed by atoms with Gasteiger partial charge in [-0.3, -0.25) is 4.90 Å². The Morgan fingerprint density at radius 1 is 1.00 bits per heavy atom. The Balaban J connectivity index is 1.43. The number of amides is 1. The molecule has 1 aromatic carbocycles. The number of carbonyl (C=O) groups is 1. The van der Waals surface area contributed by atoms with Crippen LogP contribution in [0.4, 0.5) is 23.7 Å². The average Bonchev–Trinajstić information content (AvgIpc) is 3.26. The molecule has 0 aromatic heterocycles. The van der Waals surface area contributed by atoms with Gasteiger partial charge in [0.1, 0.15) is 11.6 Å². The highest BCUT2D eigenvalue weighted by atomic mass is 19.4. The molecule has 1 aromatic rings. The summed E-state index contributed by atoms with van der Waals surface area (Å²) in [5.74, 6) is 0.0555. The molecule has 0 bridgehead atoms. The van der Waals surface area contributed by atoms with Crippen LogP contribution in [0, 0.1) is 11.8 Å². The summed E-state index contributed by atoms with van der Waals surface area (Å²) in [6.07, 6.45) is -4.76. The number of anilines is 1. The second-order valence-electron chi connectivity index (χ2n) is 9.99. The summed E-state index contributed by atoms with van der Waals surface area (Å²) in [6.45, 7) is 9.68. The quantitative estimate of drug-likeness (QED) is 0.691. The molecule has 4 rings (SSSR count). The van der Waals surface area contributed by atoms with Crippen LogP contribution in [0.1, 0.15) is 32.4 Å². The highest BCUT2D eigenvalue weighted by molar-refractivity contribution is 5.68. The molecule has 32 heavy (non-hydrogen) atoms. The van der Waals surface area contributed by atoms with Crippen molar-refractivity contribution in [2.24, 2.45) is 11.8 Å². The lowest BCUT2D eigenvalue weighted by Crippen LogP contribution is -2.41. The summed E-state index contributed by atoms with van der Waals surface area (Å²) < 4.78 is 53.2. The molecule has 3 saturated heterocycles. The molecule has 0 spiro atoms. The lowest BCUT2D eigenvalue weighted by Gasteiger charge is -2.33. The summed E-state index contributed by atoms with van der Waals surface area (Å²) in [5, 5.41) is 0. The third-order valence-corrected chi connectivity index (χ3v) is 6.43. The van der Waals surface area contributed by atoms with E-state index in [0.717, 1.165) is 18.8 Å². The van der Waals surface area contributed by atoms with Gasteiger partial charge < -0.3 is 19.3 Å². The minimum Gasteiger partial charge on any atom is -0.444 e. The van der Waals surface area contributed by atoms with Crippen molar-refractivity contribution in [3.05, 3.63) is 29.8 Å². The summed E-state index contributed by atoms with van der Waals surface area (Å²) >= 11 is 0. The van der Waals surface area contributed by atoms with Gasteiger partial charge in [0.25, 0.3) is 0 Å². The molecule has 178 valence electrons. The normalized spacial score (nSPS) is 25.7. The first-order valence-electron chi connectivity index (χ1n) is 11.2. The second kappa shape index (κ2) is 8.74. The average molecular weight is 456 g/mol. The van der Waals surface area contributed by atoms with E-state index in [4.69, 9.17) is 9.47 Å². The van der Waals surface area contributed by atoms with E-state index in [9.17, 15) is 18.0 Å². The van der Waals surface area contributed by atoms with Gasteiger partial charge in [0, 0.05) is 45.0 Å². The van der Waals surface area contributed by atoms with E-state index in [1.165, 1.54) is 4.90 Å². The zero-order chi connectivity index (χ0) is 23.1. The molecule has 6 nitrogen and oxygen atoms in total. The van der Waals surface area contributed by atoms with Crippen LogP contribution in [0.25, 0.3) is 0 Å². The largest absolute Gasteiger partial charge is 0.444 e. The summed E-state index contributed by atoms with van der Waals surface area (Å²) in [4.78, 5) is 17.6. The van der Waals surface area contributed by atoms with Gasteiger partial charge in [-0.1, -0.05) is 12.1 Å². The van der Waals surface area contributed by atoms with Crippen LogP contribution in [-0.4, -0.2) is 80.2 Å². The Kier molecular flexibility index (Phi) is 6.33. The summed E-state index contributed by atoms with van der Waals surface area (Å²) in [7, 11) is 0. The standard InChI is InChI=1S/C23H32F3N3O3/c1-22(2,3)32-21(30)29-14-17-12-28(13-18(17)15-29)20(23(24,25)26)16-4-6-19(7-5-16)27-8-10-31-11-9-27/h4-7,17-18,20H,8-15H2,1-3H3. The predicted molar refractivity (Wildman–Crippen MR) is 115 cm³/mol. The molecular weight excluding hydrogens is 423 g/mol. The number of nitrogens with zero attached hydrogens (tertiary/aromatic N) is 3. The van der Waals surface area contributed by atoms with Crippen molar-refractivity contribution in [2.45, 2.75) is 38.6 Å². The number of carbonyl (C=O) groups excluding carboxylic acids is 1. The maximum atomic E-state index is 14.1. The van der Waals surface area contributed by atoms with Crippen LogP contribution < -0.4 is 4.90 Å². The fourth-order valence-electron chi connectivity index (χ4n) is 5.01. The van der Waals surface area contributed by atoms with E-state index >= 15 is 0 Å². The van der Waals surface area contributed by atoms with Crippen LogP contribution in [0.5, 0.6) is 0 Å². The van der Waals surface area contributed by atoms with E-state index in [2.05, 4.69) is 4.90 Å². The van der Waals surface area contributed by atoms with E-state index in [1.807, 2.05) is 20.8 Å². The molecule has 0 radical (unpaired) electrons. The molecule has 3 heterocycles. The lowest BCUT2D eigenvalue weighted by atomic mass is 10.0. The number of alkyl halides is 3. The number of hydrogen-bond donors (Lipinski definition) is 0. The van der Waals surface area contributed by atoms with Gasteiger partial charge in [-0.25, -0.2) is 4.79 Å². The Labute approximate surface area is 187 Å². The van der Waals surface area contributed by atoms with Crippen LogP contribution in [0.15, 0.2) is 24.3 Å². The van der Waals surface area contributed by atoms with Crippen LogP contribution in [0.3, 0.4) is 0 Å². The third-order valence-electron chi connectivity index (χ3n) is 6.43. The van der Waals surface area contributed by atoms with E-state index in [1.54, 1.807) is 29.2 Å². The zero-order valence-electron chi connectivity index (χ0n) is 18.9. The number of fused-ring (bicyclic) bond motifs is 1. The highest BCUT2D eigenvalue weighted by Gasteiger charge is 2.51. The Morgan fingerprint density at radius 2 is 1.56 bits per heavy atom. The van der Waals surface area contributed by atoms with Crippen LogP contribution in [-0.2, 0) is 9.47 Å². The molecule has 0 saturated carbocycles. The van der Waals surface area contributed by atoms with E-state index in [-0.39, 0.29) is 23.5 Å². The SMILES string of the molecule is CC(C)(C)OC(=O)N1CC2CN(C(c3ccc(N4CCOCC4)cc3)C(F)(F)F)CC2C1. The van der Waals surface area contributed by atoms with E-state index in [0.29, 0.717) is 39.4 Å². The minimum atomic E-state index is -4.37. The topological polar surface area (TPSA) is 45.2 Å². The molecule has 3 aliphatic rings. The number of rotatable bonds is 3. The van der Waals surface area contributed by atoms with Crippen molar-refractivity contribution in [3.63, 3.8) is 0 Å². The van der Waals surface area contributed by atoms with Gasteiger partial charge >= 0.3 is 12.3 Å². The molecule has 3 unspecified atom stereocenters. The molecular formula is C23H32F3N3O3. The van der Waals surface area contributed by atoms with E-state index < -0.39 is 17.8 Å². The predicted octanol–water partition coefficient (Wildman–Crippen LogP) is 3.93. The number of ether oxygens (including phenoxy) is 2. The fraction of sp³-hybridized carbons (Fsp3) is 0.696. The first kappa shape index (κ1) is 23.2. The van der Waals surface area contributed by atoms with Crippen molar-refractivity contribution < 1.29 is 27.4 Å². The third kappa shape index (κ3) is 5.14. The Morgan fingerprint density at radius 3 is 2.06 bits per heavy atom. The number of hydrogen-bond acceptors (Lipinski definition) is 5. The van der Waals surface area contributed by atoms with Crippen molar-refractivity contribution in [3.8, 4) is 0 Å². The van der Waals surface area contributed by atoms with Crippen LogP contribution in [0.2, 0.25) is 0 Å². The second-order valence-corrected chi connectivity index (χ2v) is 9.99. The zero-order valence-corrected chi connectivity index (χ0v) is 18.9.